The van der Waals surface area contributed by atoms with Crippen LogP contribution < -0.4 is 10.0 Å². The molecule has 0 saturated carbocycles. The maximum atomic E-state index is 13.7. The molecule has 2 aromatic carbocycles. The number of fused-ring (bicyclic) bond motifs is 1. The fraction of sp³-hybridized carbons (Fsp3) is 0.484. The van der Waals surface area contributed by atoms with E-state index in [2.05, 4.69) is 35.7 Å². The number of anilines is 2. The molecule has 9 heteroatoms. The lowest BCUT2D eigenvalue weighted by atomic mass is 9.98. The average Bonchev–Trinajstić information content (AvgIpc) is 3.28. The fourth-order valence-corrected chi connectivity index (χ4v) is 5.17. The van der Waals surface area contributed by atoms with Gasteiger partial charge in [0.1, 0.15) is 11.3 Å². The monoisotopic (exact) mass is 569 g/mol. The molecule has 0 spiro atoms. The van der Waals surface area contributed by atoms with Crippen LogP contribution in [-0.2, 0) is 21.2 Å². The number of benzene rings is 2. The number of carbonyl (C=O) groups excluding carboxylic acids is 2. The van der Waals surface area contributed by atoms with Crippen molar-refractivity contribution in [1.82, 2.24) is 4.90 Å². The van der Waals surface area contributed by atoms with E-state index < -0.39 is 10.0 Å². The van der Waals surface area contributed by atoms with Crippen molar-refractivity contribution in [3.8, 4) is 0 Å². The Bertz CT molecular complexity index is 1370. The molecule has 3 aromatic rings. The molecule has 218 valence electrons. The van der Waals surface area contributed by atoms with E-state index in [1.54, 1.807) is 42.5 Å². The van der Waals surface area contributed by atoms with Crippen LogP contribution in [-0.4, -0.2) is 50.9 Å². The van der Waals surface area contributed by atoms with Gasteiger partial charge in [-0.3, -0.25) is 14.3 Å². The lowest BCUT2D eigenvalue weighted by Crippen LogP contribution is -2.30. The van der Waals surface area contributed by atoms with E-state index in [4.69, 9.17) is 4.42 Å². The molecule has 0 saturated heterocycles. The van der Waals surface area contributed by atoms with Gasteiger partial charge in [0.15, 0.2) is 5.78 Å². The van der Waals surface area contributed by atoms with Crippen molar-refractivity contribution in [2.24, 2.45) is 0 Å². The van der Waals surface area contributed by atoms with Crippen LogP contribution in [0.2, 0.25) is 0 Å². The Morgan fingerprint density at radius 3 is 2.08 bits per heavy atom. The molecule has 40 heavy (non-hydrogen) atoms. The van der Waals surface area contributed by atoms with Crippen molar-refractivity contribution in [2.45, 2.75) is 72.1 Å². The highest BCUT2D eigenvalue weighted by Crippen LogP contribution is 2.32. The Labute approximate surface area is 238 Å². The van der Waals surface area contributed by atoms with E-state index in [-0.39, 0.29) is 11.7 Å². The van der Waals surface area contributed by atoms with Gasteiger partial charge in [-0.2, -0.15) is 0 Å². The third-order valence-electron chi connectivity index (χ3n) is 6.79. The van der Waals surface area contributed by atoms with Crippen molar-refractivity contribution in [2.75, 3.05) is 35.9 Å². The maximum Gasteiger partial charge on any atom is 0.229 e. The van der Waals surface area contributed by atoms with Gasteiger partial charge in [-0.25, -0.2) is 8.42 Å². The zero-order valence-electron chi connectivity index (χ0n) is 24.2. The first-order chi connectivity index (χ1) is 19.1. The molecule has 0 fully saturated rings. The van der Waals surface area contributed by atoms with Crippen LogP contribution in [0.5, 0.6) is 0 Å². The first-order valence-electron chi connectivity index (χ1n) is 14.3. The summed E-state index contributed by atoms with van der Waals surface area (Å²) >= 11 is 0. The number of rotatable bonds is 17. The lowest BCUT2D eigenvalue weighted by molar-refractivity contribution is -0.116. The summed E-state index contributed by atoms with van der Waals surface area (Å²) in [6.45, 7) is 9.16. The van der Waals surface area contributed by atoms with E-state index >= 15 is 0 Å². The highest BCUT2D eigenvalue weighted by Gasteiger charge is 2.22. The smallest absolute Gasteiger partial charge is 0.229 e. The van der Waals surface area contributed by atoms with Crippen molar-refractivity contribution < 1.29 is 22.4 Å². The summed E-state index contributed by atoms with van der Waals surface area (Å²) in [5, 5.41) is 3.52. The first kappa shape index (κ1) is 31.4. The SMILES string of the molecule is CCCCc1oc2ccc(NS(C)(=O)=O)cc2c1C(=O)c1ccc(NC(=O)CCN(CCCC)CCCC)cc1. The molecule has 0 radical (unpaired) electrons. The third kappa shape index (κ3) is 9.20. The van der Waals surface area contributed by atoms with Crippen LogP contribution in [0, 0.1) is 0 Å². The molecule has 0 aliphatic heterocycles. The van der Waals surface area contributed by atoms with Gasteiger partial charge in [0.2, 0.25) is 15.9 Å². The van der Waals surface area contributed by atoms with Crippen LogP contribution in [0.15, 0.2) is 46.9 Å². The number of sulfonamides is 1. The second kappa shape index (κ2) is 15.0. The van der Waals surface area contributed by atoms with E-state index in [1.807, 2.05) is 0 Å². The van der Waals surface area contributed by atoms with Gasteiger partial charge in [-0.05, 0) is 74.8 Å². The zero-order valence-corrected chi connectivity index (χ0v) is 25.0. The lowest BCUT2D eigenvalue weighted by Gasteiger charge is -2.21. The molecule has 3 rings (SSSR count). The summed E-state index contributed by atoms with van der Waals surface area (Å²) in [4.78, 5) is 28.7. The minimum atomic E-state index is -3.47. The van der Waals surface area contributed by atoms with Gasteiger partial charge in [0.05, 0.1) is 11.8 Å². The van der Waals surface area contributed by atoms with Crippen LogP contribution in [0.3, 0.4) is 0 Å². The quantitative estimate of drug-likeness (QED) is 0.177. The summed E-state index contributed by atoms with van der Waals surface area (Å²) in [7, 11) is -3.47. The van der Waals surface area contributed by atoms with Crippen molar-refractivity contribution in [3.63, 3.8) is 0 Å². The number of aryl methyl sites for hydroxylation is 1. The highest BCUT2D eigenvalue weighted by atomic mass is 32.2. The van der Waals surface area contributed by atoms with E-state index in [0.717, 1.165) is 64.4 Å². The van der Waals surface area contributed by atoms with Gasteiger partial charge in [0, 0.05) is 41.7 Å². The Hall–Kier alpha value is -3.17. The summed E-state index contributed by atoms with van der Waals surface area (Å²) in [5.41, 5.74) is 2.44. The predicted octanol–water partition coefficient (Wildman–Crippen LogP) is 6.61. The standard InChI is InChI=1S/C31H43N3O5S/c1-5-8-11-28-30(26-22-25(33-40(4,37)38)16-17-27(26)39-28)31(36)23-12-14-24(15-13-23)32-29(35)18-21-34(19-9-6-2)20-10-7-3/h12-17,22,33H,5-11,18-21H2,1-4H3,(H,32,35). The highest BCUT2D eigenvalue weighted by molar-refractivity contribution is 7.92. The van der Waals surface area contributed by atoms with Crippen LogP contribution >= 0.6 is 0 Å². The zero-order chi connectivity index (χ0) is 29.1. The summed E-state index contributed by atoms with van der Waals surface area (Å²) < 4.78 is 32.0. The number of nitrogens with one attached hydrogen (secondary N) is 2. The van der Waals surface area contributed by atoms with Gasteiger partial charge in [-0.1, -0.05) is 40.0 Å². The number of carbonyl (C=O) groups is 2. The summed E-state index contributed by atoms with van der Waals surface area (Å²) in [5.74, 6) is 0.332. The number of hydrogen-bond donors (Lipinski definition) is 2. The van der Waals surface area contributed by atoms with Crippen molar-refractivity contribution in [1.29, 1.82) is 0 Å². The van der Waals surface area contributed by atoms with Crippen LogP contribution in [0.4, 0.5) is 11.4 Å². The van der Waals surface area contributed by atoms with Gasteiger partial charge >= 0.3 is 0 Å². The van der Waals surface area contributed by atoms with Gasteiger partial charge in [-0.15, -0.1) is 0 Å². The van der Waals surface area contributed by atoms with Gasteiger partial charge < -0.3 is 14.6 Å². The molecule has 2 N–H and O–H groups in total. The second-order valence-electron chi connectivity index (χ2n) is 10.3. The molecule has 0 atom stereocenters. The molecule has 0 aliphatic carbocycles. The normalized spacial score (nSPS) is 11.7. The average molecular weight is 570 g/mol. The predicted molar refractivity (Wildman–Crippen MR) is 163 cm³/mol. The number of amides is 1. The molecular formula is C31H43N3O5S. The Balaban J connectivity index is 1.76. The van der Waals surface area contributed by atoms with Gasteiger partial charge in [0.25, 0.3) is 0 Å². The Morgan fingerprint density at radius 1 is 0.850 bits per heavy atom. The number of hydrogen-bond acceptors (Lipinski definition) is 6. The van der Waals surface area contributed by atoms with E-state index in [1.165, 1.54) is 0 Å². The summed E-state index contributed by atoms with van der Waals surface area (Å²) in [6, 6.07) is 11.8. The Morgan fingerprint density at radius 2 is 1.48 bits per heavy atom. The third-order valence-corrected chi connectivity index (χ3v) is 7.40. The van der Waals surface area contributed by atoms with Crippen molar-refractivity contribution >= 4 is 44.1 Å². The fourth-order valence-electron chi connectivity index (χ4n) is 4.62. The largest absolute Gasteiger partial charge is 0.460 e. The summed E-state index contributed by atoms with van der Waals surface area (Å²) in [6.07, 6.45) is 8.41. The molecule has 0 bridgehead atoms. The molecule has 1 aromatic heterocycles. The van der Waals surface area contributed by atoms with Crippen molar-refractivity contribution in [3.05, 3.63) is 59.4 Å². The number of furan rings is 1. The molecule has 0 unspecified atom stereocenters. The molecule has 0 aliphatic rings. The number of nitrogens with zero attached hydrogens (tertiary/aromatic N) is 1. The molecule has 1 heterocycles. The second-order valence-corrected chi connectivity index (χ2v) is 12.1. The van der Waals surface area contributed by atoms with Crippen LogP contribution in [0.25, 0.3) is 11.0 Å². The maximum absolute atomic E-state index is 13.7. The topological polar surface area (TPSA) is 109 Å². The minimum Gasteiger partial charge on any atom is -0.460 e. The van der Waals surface area contributed by atoms with Crippen LogP contribution in [0.1, 0.15) is 87.4 Å². The number of unbranched alkanes of at least 4 members (excludes halogenated alkanes) is 3. The number of ketones is 1. The van der Waals surface area contributed by atoms with E-state index in [0.29, 0.717) is 52.1 Å². The minimum absolute atomic E-state index is 0.0503. The molecular weight excluding hydrogens is 526 g/mol. The van der Waals surface area contributed by atoms with E-state index in [9.17, 15) is 18.0 Å². The first-order valence-corrected chi connectivity index (χ1v) is 16.2. The molecule has 8 nitrogen and oxygen atoms in total. The molecule has 1 amide bonds. The Kier molecular flexibility index (Phi) is 11.8.